The molecule has 4 heteroatoms. The molecule has 1 aliphatic carbocycles. The second-order valence-electron chi connectivity index (χ2n) is 3.07. The van der Waals surface area contributed by atoms with Crippen LogP contribution in [0.25, 0.3) is 0 Å². The van der Waals surface area contributed by atoms with Crippen molar-refractivity contribution in [3.05, 3.63) is 0 Å². The van der Waals surface area contributed by atoms with E-state index in [1.54, 1.807) is 6.41 Å². The molecule has 0 aliphatic heterocycles. The third kappa shape index (κ3) is 2.13. The van der Waals surface area contributed by atoms with Crippen LogP contribution < -0.4 is 5.32 Å². The van der Waals surface area contributed by atoms with Gasteiger partial charge in [0.1, 0.15) is 0 Å². The zero-order valence-electron chi connectivity index (χ0n) is 6.98. The normalized spacial score (nSPS) is 19.4. The number of rotatable bonds is 3. The number of ketones is 1. The average molecular weight is 257 g/mol. The van der Waals surface area contributed by atoms with Crippen LogP contribution in [-0.2, 0) is 29.1 Å². The van der Waals surface area contributed by atoms with E-state index in [2.05, 4.69) is 5.32 Å². The van der Waals surface area contributed by atoms with Gasteiger partial charge in [0.2, 0.25) is 0 Å². The van der Waals surface area contributed by atoms with Gasteiger partial charge in [0.05, 0.1) is 5.54 Å². The van der Waals surface area contributed by atoms with Gasteiger partial charge in [-0.25, -0.2) is 0 Å². The Labute approximate surface area is 85.0 Å². The zero-order valence-corrected chi connectivity index (χ0v) is 8.62. The summed E-state index contributed by atoms with van der Waals surface area (Å²) in [4.78, 5) is 21.2. The van der Waals surface area contributed by atoms with Crippen LogP contribution in [0.1, 0.15) is 32.6 Å². The van der Waals surface area contributed by atoms with Gasteiger partial charge in [-0.15, -0.1) is 0 Å². The molecule has 0 aromatic heterocycles. The maximum atomic E-state index is 11.1. The monoisotopic (exact) mass is 257 g/mol. The Kier molecular flexibility index (Phi) is 4.61. The first kappa shape index (κ1) is 11.8. The van der Waals surface area contributed by atoms with Crippen LogP contribution in [0.2, 0.25) is 0 Å². The van der Waals surface area contributed by atoms with Crippen molar-refractivity contribution in [2.75, 3.05) is 0 Å². The third-order valence-electron chi connectivity index (χ3n) is 2.42. The van der Waals surface area contributed by atoms with Gasteiger partial charge < -0.3 is 10.1 Å². The molecule has 3 nitrogen and oxygen atoms in total. The molecule has 0 aromatic carbocycles. The van der Waals surface area contributed by atoms with Gasteiger partial charge in [-0.3, -0.25) is 4.79 Å². The molecule has 0 heterocycles. The predicted octanol–water partition coefficient (Wildman–Crippen LogP) is 0.542. The largest absolute Gasteiger partial charge is 0.520 e. The number of carbonyl (C=O) groups excluding carboxylic acids is 2. The summed E-state index contributed by atoms with van der Waals surface area (Å²) in [5.74, 6) is 0.0540. The molecule has 71 valence electrons. The Morgan fingerprint density at radius 3 is 2.25 bits per heavy atom. The quantitative estimate of drug-likeness (QED) is 0.455. The maximum absolute atomic E-state index is 11.1. The molecule has 0 saturated heterocycles. The van der Waals surface area contributed by atoms with Crippen LogP contribution in [0, 0.1) is 0 Å². The molecule has 1 N–H and O–H groups in total. The van der Waals surface area contributed by atoms with Gasteiger partial charge in [0.25, 0.3) is 0 Å². The summed E-state index contributed by atoms with van der Waals surface area (Å²) in [5.41, 5.74) is -0.568. The molecule has 0 aromatic rings. The molecule has 1 aliphatic rings. The number of hydrogen-bond acceptors (Lipinski definition) is 2. The van der Waals surface area contributed by atoms with Gasteiger partial charge in [-0.05, 0) is 19.8 Å². The summed E-state index contributed by atoms with van der Waals surface area (Å²) in [7, 11) is 0. The minimum Gasteiger partial charge on any atom is -0.520 e. The van der Waals surface area contributed by atoms with Crippen molar-refractivity contribution >= 4 is 12.2 Å². The Morgan fingerprint density at radius 1 is 1.42 bits per heavy atom. The summed E-state index contributed by atoms with van der Waals surface area (Å²) in [6.45, 7) is 1.52. The van der Waals surface area contributed by atoms with Crippen LogP contribution in [0.5, 0.6) is 0 Å². The number of amides is 1. The van der Waals surface area contributed by atoms with E-state index in [4.69, 9.17) is 0 Å². The number of hydrogen-bond donors (Lipinski definition) is 1. The zero-order chi connectivity index (χ0) is 8.32. The SMILES string of the molecule is CC(=O)C1(N[C-]=O)CCCC1.[Rh]. The molecule has 12 heavy (non-hydrogen) atoms. The van der Waals surface area contributed by atoms with E-state index in [-0.39, 0.29) is 25.3 Å². The fourth-order valence-electron chi connectivity index (χ4n) is 1.64. The van der Waals surface area contributed by atoms with Crippen molar-refractivity contribution < 1.29 is 29.1 Å². The Bertz CT molecular complexity index is 176. The molecule has 1 amide bonds. The van der Waals surface area contributed by atoms with Crippen LogP contribution >= 0.6 is 0 Å². The van der Waals surface area contributed by atoms with Crippen molar-refractivity contribution in [1.29, 1.82) is 0 Å². The third-order valence-corrected chi connectivity index (χ3v) is 2.42. The number of Topliss-reactive ketones (excluding diaryl/α,β-unsaturated/α-hetero) is 1. The Hall–Kier alpha value is -0.237. The molecular weight excluding hydrogens is 245 g/mol. The minimum atomic E-state index is -0.568. The summed E-state index contributed by atoms with van der Waals surface area (Å²) >= 11 is 0. The maximum Gasteiger partial charge on any atom is 0.152 e. The molecule has 1 fully saturated rings. The summed E-state index contributed by atoms with van der Waals surface area (Å²) in [6.07, 6.45) is 5.21. The first-order chi connectivity index (χ1) is 5.21. The smallest absolute Gasteiger partial charge is 0.152 e. The molecule has 0 bridgehead atoms. The van der Waals surface area contributed by atoms with Crippen molar-refractivity contribution in [3.63, 3.8) is 0 Å². The van der Waals surface area contributed by atoms with Crippen LogP contribution in [0.3, 0.4) is 0 Å². The van der Waals surface area contributed by atoms with Crippen molar-refractivity contribution in [2.45, 2.75) is 38.1 Å². The second kappa shape index (κ2) is 4.71. The van der Waals surface area contributed by atoms with Crippen LogP contribution in [-0.4, -0.2) is 17.7 Å². The van der Waals surface area contributed by atoms with E-state index >= 15 is 0 Å². The summed E-state index contributed by atoms with van der Waals surface area (Å²) in [5, 5.41) is 2.50. The summed E-state index contributed by atoms with van der Waals surface area (Å²) < 4.78 is 0. The molecular formula is C8H12NO2Rh-. The minimum absolute atomic E-state index is 0. The average Bonchev–Trinajstić information content (AvgIpc) is 2.38. The van der Waals surface area contributed by atoms with Gasteiger partial charge in [-0.2, -0.15) is 6.41 Å². The molecule has 0 atom stereocenters. The number of nitrogens with one attached hydrogen (secondary N) is 1. The van der Waals surface area contributed by atoms with Gasteiger partial charge in [-0.1, -0.05) is 12.8 Å². The van der Waals surface area contributed by atoms with Gasteiger partial charge in [0, 0.05) is 19.5 Å². The topological polar surface area (TPSA) is 46.2 Å². The van der Waals surface area contributed by atoms with Crippen molar-refractivity contribution in [3.8, 4) is 0 Å². The van der Waals surface area contributed by atoms with Crippen LogP contribution in [0.4, 0.5) is 0 Å². The van der Waals surface area contributed by atoms with Crippen LogP contribution in [0.15, 0.2) is 0 Å². The second-order valence-corrected chi connectivity index (χ2v) is 3.07. The van der Waals surface area contributed by atoms with E-state index in [9.17, 15) is 9.59 Å². The van der Waals surface area contributed by atoms with Gasteiger partial charge in [0.15, 0.2) is 5.78 Å². The Morgan fingerprint density at radius 2 is 1.92 bits per heavy atom. The summed E-state index contributed by atoms with van der Waals surface area (Å²) in [6, 6.07) is 0. The van der Waals surface area contributed by atoms with E-state index in [0.29, 0.717) is 0 Å². The first-order valence-corrected chi connectivity index (χ1v) is 3.87. The predicted molar refractivity (Wildman–Crippen MR) is 40.7 cm³/mol. The Balaban J connectivity index is 0.00000121. The number of carbonyl (C=O) groups is 1. The fraction of sp³-hybridized carbons (Fsp3) is 0.750. The molecule has 1 radical (unpaired) electrons. The van der Waals surface area contributed by atoms with E-state index in [1.165, 1.54) is 6.92 Å². The van der Waals surface area contributed by atoms with Gasteiger partial charge >= 0.3 is 0 Å². The molecule has 1 rings (SSSR count). The first-order valence-electron chi connectivity index (χ1n) is 3.87. The van der Waals surface area contributed by atoms with E-state index in [0.717, 1.165) is 25.7 Å². The van der Waals surface area contributed by atoms with E-state index in [1.807, 2.05) is 0 Å². The van der Waals surface area contributed by atoms with Crippen molar-refractivity contribution in [2.24, 2.45) is 0 Å². The molecule has 1 saturated carbocycles. The molecule has 0 spiro atoms. The van der Waals surface area contributed by atoms with Crippen molar-refractivity contribution in [1.82, 2.24) is 5.32 Å². The molecule has 0 unspecified atom stereocenters. The van der Waals surface area contributed by atoms with E-state index < -0.39 is 5.54 Å². The standard InChI is InChI=1S/C8H12NO2.Rh/c1-7(11)8(9-6-10)4-2-3-5-8;/h2-5H2,1H3,(H,9,10);/q-1;. The fourth-order valence-corrected chi connectivity index (χ4v) is 1.64.